The number of nitrogens with one attached hydrogen (secondary N) is 1. The molecule has 66 valence electrons. The van der Waals surface area contributed by atoms with Crippen molar-refractivity contribution in [2.24, 2.45) is 0 Å². The highest BCUT2D eigenvalue weighted by Crippen LogP contribution is 2.32. The van der Waals surface area contributed by atoms with Gasteiger partial charge in [0.2, 0.25) is 0 Å². The third kappa shape index (κ3) is 0.917. The smallest absolute Gasteiger partial charge is 0.296 e. The van der Waals surface area contributed by atoms with Crippen LogP contribution in [0.3, 0.4) is 0 Å². The van der Waals surface area contributed by atoms with Crippen LogP contribution in [0.4, 0.5) is 5.69 Å². The molecule has 0 radical (unpaired) electrons. The molecule has 0 unspecified atom stereocenters. The lowest BCUT2D eigenvalue weighted by Crippen LogP contribution is -2.12. The average Bonchev–Trinajstić information content (AvgIpc) is 2.38. The summed E-state index contributed by atoms with van der Waals surface area (Å²) < 4.78 is 0. The first-order valence-electron chi connectivity index (χ1n) is 3.79. The van der Waals surface area contributed by atoms with Gasteiger partial charge in [0.05, 0.1) is 11.3 Å². The normalized spacial score (nSPS) is 14.2. The molecule has 0 bridgehead atoms. The van der Waals surface area contributed by atoms with Crippen molar-refractivity contribution in [1.29, 1.82) is 0 Å². The molecule has 0 atom stereocenters. The Morgan fingerprint density at radius 1 is 1.31 bits per heavy atom. The Morgan fingerprint density at radius 3 is 2.69 bits per heavy atom. The van der Waals surface area contributed by atoms with Crippen molar-refractivity contribution in [1.82, 2.24) is 0 Å². The van der Waals surface area contributed by atoms with E-state index in [4.69, 9.17) is 0 Å². The van der Waals surface area contributed by atoms with E-state index in [0.29, 0.717) is 16.8 Å². The van der Waals surface area contributed by atoms with Gasteiger partial charge in [0.1, 0.15) is 5.75 Å². The number of carbonyl (C=O) groups excluding carboxylic acids is 2. The average molecular weight is 177 g/mol. The van der Waals surface area contributed by atoms with Crippen molar-refractivity contribution in [2.45, 2.75) is 6.92 Å². The second-order valence-corrected chi connectivity index (χ2v) is 2.92. The van der Waals surface area contributed by atoms with Crippen LogP contribution in [0.15, 0.2) is 12.1 Å². The van der Waals surface area contributed by atoms with Gasteiger partial charge in [-0.2, -0.15) is 0 Å². The van der Waals surface area contributed by atoms with Crippen LogP contribution in [0.25, 0.3) is 0 Å². The highest BCUT2D eigenvalue weighted by atomic mass is 16.3. The van der Waals surface area contributed by atoms with Gasteiger partial charge >= 0.3 is 0 Å². The number of benzene rings is 1. The molecule has 1 aromatic rings. The molecular weight excluding hydrogens is 170 g/mol. The van der Waals surface area contributed by atoms with Gasteiger partial charge in [-0.1, -0.05) is 0 Å². The van der Waals surface area contributed by atoms with Gasteiger partial charge in [-0.05, 0) is 19.1 Å². The molecule has 0 saturated carbocycles. The highest BCUT2D eigenvalue weighted by Gasteiger charge is 2.29. The summed E-state index contributed by atoms with van der Waals surface area (Å²) in [5.74, 6) is -1.10. The zero-order valence-corrected chi connectivity index (χ0v) is 6.92. The fourth-order valence-corrected chi connectivity index (χ4v) is 1.34. The molecule has 0 aliphatic carbocycles. The number of phenols is 1. The number of rotatable bonds is 0. The molecule has 2 N–H and O–H groups in total. The van der Waals surface area contributed by atoms with Gasteiger partial charge in [0.25, 0.3) is 11.7 Å². The molecule has 0 spiro atoms. The Kier molecular flexibility index (Phi) is 1.39. The summed E-state index contributed by atoms with van der Waals surface area (Å²) in [6.07, 6.45) is 0. The van der Waals surface area contributed by atoms with Crippen molar-refractivity contribution in [3.05, 3.63) is 23.3 Å². The minimum atomic E-state index is -0.635. The molecule has 1 aromatic carbocycles. The molecular formula is C9H7NO3. The first-order chi connectivity index (χ1) is 6.11. The third-order valence-electron chi connectivity index (χ3n) is 2.13. The summed E-state index contributed by atoms with van der Waals surface area (Å²) >= 11 is 0. The van der Waals surface area contributed by atoms with Crippen molar-refractivity contribution in [2.75, 3.05) is 5.32 Å². The van der Waals surface area contributed by atoms with Gasteiger partial charge in [0.15, 0.2) is 0 Å². The Labute approximate surface area is 74.2 Å². The summed E-state index contributed by atoms with van der Waals surface area (Å²) in [6, 6.07) is 2.85. The molecule has 2 rings (SSSR count). The van der Waals surface area contributed by atoms with E-state index < -0.39 is 11.7 Å². The van der Waals surface area contributed by atoms with E-state index >= 15 is 0 Å². The number of aromatic hydroxyl groups is 1. The van der Waals surface area contributed by atoms with Crippen LogP contribution in [0, 0.1) is 6.92 Å². The summed E-state index contributed by atoms with van der Waals surface area (Å²) in [5, 5.41) is 11.7. The Morgan fingerprint density at radius 2 is 2.00 bits per heavy atom. The Bertz CT molecular complexity index is 423. The standard InChI is InChI=1S/C9H7NO3/c1-4-6(11)3-2-5-7(4)10-9(13)8(5)12/h2-3,11H,1H3,(H,10,12,13). The van der Waals surface area contributed by atoms with Crippen LogP contribution in [-0.2, 0) is 4.79 Å². The number of hydrogen-bond acceptors (Lipinski definition) is 3. The fourth-order valence-electron chi connectivity index (χ4n) is 1.34. The van der Waals surface area contributed by atoms with Crippen molar-refractivity contribution in [3.63, 3.8) is 0 Å². The first kappa shape index (κ1) is 7.79. The van der Waals surface area contributed by atoms with Crippen LogP contribution in [-0.4, -0.2) is 16.8 Å². The molecule has 0 aromatic heterocycles. The molecule has 1 heterocycles. The lowest BCUT2D eigenvalue weighted by Gasteiger charge is -2.03. The minimum absolute atomic E-state index is 0.0775. The van der Waals surface area contributed by atoms with Gasteiger partial charge in [0, 0.05) is 5.56 Å². The van der Waals surface area contributed by atoms with Crippen LogP contribution >= 0.6 is 0 Å². The molecule has 13 heavy (non-hydrogen) atoms. The minimum Gasteiger partial charge on any atom is -0.508 e. The molecule has 1 amide bonds. The number of carbonyl (C=O) groups is 2. The monoisotopic (exact) mass is 177 g/mol. The fraction of sp³-hybridized carbons (Fsp3) is 0.111. The summed E-state index contributed by atoms with van der Waals surface area (Å²) in [5.41, 5.74) is 1.28. The topological polar surface area (TPSA) is 66.4 Å². The van der Waals surface area contributed by atoms with E-state index in [0.717, 1.165) is 0 Å². The lowest BCUT2D eigenvalue weighted by atomic mass is 10.1. The molecule has 0 saturated heterocycles. The number of amides is 1. The predicted octanol–water partition coefficient (Wildman–Crippen LogP) is 0.835. The number of Topliss-reactive ketones (excluding diaryl/α,β-unsaturated/α-hetero) is 1. The van der Waals surface area contributed by atoms with E-state index in [1.807, 2.05) is 0 Å². The molecule has 4 heteroatoms. The maximum absolute atomic E-state index is 11.2. The van der Waals surface area contributed by atoms with Gasteiger partial charge in [-0.15, -0.1) is 0 Å². The summed E-state index contributed by atoms with van der Waals surface area (Å²) in [7, 11) is 0. The quantitative estimate of drug-likeness (QED) is 0.577. The van der Waals surface area contributed by atoms with E-state index in [2.05, 4.69) is 5.32 Å². The highest BCUT2D eigenvalue weighted by molar-refractivity contribution is 6.51. The zero-order valence-electron chi connectivity index (χ0n) is 6.92. The van der Waals surface area contributed by atoms with Crippen LogP contribution in [0.2, 0.25) is 0 Å². The molecule has 4 nitrogen and oxygen atoms in total. The van der Waals surface area contributed by atoms with Crippen molar-refractivity contribution < 1.29 is 14.7 Å². The third-order valence-corrected chi connectivity index (χ3v) is 2.13. The number of anilines is 1. The predicted molar refractivity (Wildman–Crippen MR) is 45.8 cm³/mol. The SMILES string of the molecule is Cc1c(O)ccc2c1NC(=O)C2=O. The second-order valence-electron chi connectivity index (χ2n) is 2.92. The number of fused-ring (bicyclic) bond motifs is 1. The maximum atomic E-state index is 11.2. The van der Waals surface area contributed by atoms with Crippen LogP contribution < -0.4 is 5.32 Å². The molecule has 1 aliphatic heterocycles. The van der Waals surface area contributed by atoms with Gasteiger partial charge < -0.3 is 10.4 Å². The Hall–Kier alpha value is -1.84. The number of hydrogen-bond donors (Lipinski definition) is 2. The van der Waals surface area contributed by atoms with Gasteiger partial charge in [-0.25, -0.2) is 0 Å². The van der Waals surface area contributed by atoms with Crippen LogP contribution in [0.1, 0.15) is 15.9 Å². The zero-order chi connectivity index (χ0) is 9.59. The number of phenolic OH excluding ortho intramolecular Hbond substituents is 1. The van der Waals surface area contributed by atoms with Gasteiger partial charge in [-0.3, -0.25) is 9.59 Å². The number of ketones is 1. The van der Waals surface area contributed by atoms with E-state index in [1.54, 1.807) is 6.92 Å². The Balaban J connectivity index is 2.70. The second kappa shape index (κ2) is 2.32. The van der Waals surface area contributed by atoms with E-state index in [-0.39, 0.29) is 5.75 Å². The maximum Gasteiger partial charge on any atom is 0.296 e. The molecule has 1 aliphatic rings. The summed E-state index contributed by atoms with van der Waals surface area (Å²) in [4.78, 5) is 22.1. The van der Waals surface area contributed by atoms with Crippen molar-refractivity contribution >= 4 is 17.4 Å². The van der Waals surface area contributed by atoms with E-state index in [1.165, 1.54) is 12.1 Å². The first-order valence-corrected chi connectivity index (χ1v) is 3.79. The van der Waals surface area contributed by atoms with Crippen LogP contribution in [0.5, 0.6) is 5.75 Å². The largest absolute Gasteiger partial charge is 0.508 e. The van der Waals surface area contributed by atoms with Crippen molar-refractivity contribution in [3.8, 4) is 5.75 Å². The molecule has 0 fully saturated rings. The lowest BCUT2D eigenvalue weighted by molar-refractivity contribution is -0.112. The summed E-state index contributed by atoms with van der Waals surface area (Å²) in [6.45, 7) is 1.65. The van der Waals surface area contributed by atoms with E-state index in [9.17, 15) is 14.7 Å².